The Labute approximate surface area is 215 Å². The molecule has 8 nitrogen and oxygen atoms in total. The molecule has 5 heterocycles. The second-order valence-electron chi connectivity index (χ2n) is 9.01. The lowest BCUT2D eigenvalue weighted by Crippen LogP contribution is -2.18. The van der Waals surface area contributed by atoms with E-state index in [0.29, 0.717) is 17.2 Å². The Morgan fingerprint density at radius 2 is 2.00 bits per heavy atom. The summed E-state index contributed by atoms with van der Waals surface area (Å²) in [6, 6.07) is 13.2. The van der Waals surface area contributed by atoms with Gasteiger partial charge in [-0.3, -0.25) is 10.1 Å². The van der Waals surface area contributed by atoms with Crippen LogP contribution in [0.4, 0.5) is 10.1 Å². The van der Waals surface area contributed by atoms with Gasteiger partial charge in [0.1, 0.15) is 5.69 Å². The van der Waals surface area contributed by atoms with Crippen LogP contribution in [0.1, 0.15) is 0 Å². The zero-order valence-corrected chi connectivity index (χ0v) is 21.0. The van der Waals surface area contributed by atoms with Gasteiger partial charge in [-0.1, -0.05) is 12.6 Å². The Hall–Kier alpha value is -4.41. The molecule has 0 atom stereocenters. The summed E-state index contributed by atoms with van der Waals surface area (Å²) >= 11 is 1.09. The van der Waals surface area contributed by atoms with Crippen molar-refractivity contribution in [2.24, 2.45) is 0 Å². The van der Waals surface area contributed by atoms with Gasteiger partial charge in [0.25, 0.3) is 0 Å². The summed E-state index contributed by atoms with van der Waals surface area (Å²) in [6.07, 6.45) is 5.30. The fraction of sp³-hybridized carbons (Fsp3) is 0.111. The lowest BCUT2D eigenvalue weighted by Gasteiger charge is -2.14. The van der Waals surface area contributed by atoms with Crippen molar-refractivity contribution < 1.29 is 4.39 Å². The van der Waals surface area contributed by atoms with Crippen LogP contribution < -0.4 is 5.32 Å². The number of likely N-dealkylation sites (N-methyl/N-ethyl adjacent to an activating group) is 1. The number of fused-ring (bicyclic) bond motifs is 2. The first-order chi connectivity index (χ1) is 17.9. The molecule has 0 unspecified atom stereocenters. The van der Waals surface area contributed by atoms with Crippen molar-refractivity contribution in [1.82, 2.24) is 35.0 Å². The molecule has 6 aromatic rings. The van der Waals surface area contributed by atoms with Crippen LogP contribution in [0.2, 0.25) is 0 Å². The molecule has 6 rings (SSSR count). The summed E-state index contributed by atoms with van der Waals surface area (Å²) in [4.78, 5) is 19.7. The third kappa shape index (κ3) is 4.48. The van der Waals surface area contributed by atoms with E-state index in [0.717, 1.165) is 67.3 Å². The van der Waals surface area contributed by atoms with Crippen molar-refractivity contribution in [3.63, 3.8) is 0 Å². The van der Waals surface area contributed by atoms with Gasteiger partial charge in [-0.15, -0.1) is 11.3 Å². The fourth-order valence-electron chi connectivity index (χ4n) is 4.35. The van der Waals surface area contributed by atoms with Gasteiger partial charge in [0.2, 0.25) is 0 Å². The Bertz CT molecular complexity index is 1760. The number of hydrogen-bond donors (Lipinski definition) is 3. The summed E-state index contributed by atoms with van der Waals surface area (Å²) in [7, 11) is 4.00. The average Bonchev–Trinajstić information content (AvgIpc) is 3.60. The Morgan fingerprint density at radius 3 is 2.81 bits per heavy atom. The Kier molecular flexibility index (Phi) is 5.74. The summed E-state index contributed by atoms with van der Waals surface area (Å²) in [5, 5.41) is 11.6. The highest BCUT2D eigenvalue weighted by molar-refractivity contribution is 7.14. The fourth-order valence-corrected chi connectivity index (χ4v) is 5.12. The van der Waals surface area contributed by atoms with Crippen molar-refractivity contribution in [1.29, 1.82) is 0 Å². The Balaban J connectivity index is 1.38. The Morgan fingerprint density at radius 1 is 1.11 bits per heavy atom. The van der Waals surface area contributed by atoms with E-state index in [2.05, 4.69) is 48.0 Å². The van der Waals surface area contributed by atoms with Crippen molar-refractivity contribution in [2.75, 3.05) is 26.0 Å². The zero-order chi connectivity index (χ0) is 25.5. The van der Waals surface area contributed by atoms with Gasteiger partial charge >= 0.3 is 0 Å². The number of hydrogen-bond acceptors (Lipinski definition) is 7. The SMILES string of the molecule is C=C(CN(C)C)Nc1cncc(-c2ccc3[nH]nc(-c4nc5nccc(-c6ccc(F)s6)c5[nH]4)c3c2)c1. The molecular weight excluding hydrogens is 487 g/mol. The molecule has 10 heteroatoms. The molecule has 0 spiro atoms. The standard InChI is InChI=1S/C27H23FN8S/c1-15(14-36(2)3)31-18-10-17(12-29-13-18)16-4-5-21-20(11-16)25(35-34-21)27-32-24-19(8-9-30-26(24)33-27)22-6-7-23(28)37-22/h4-13,31H,1,14H2,2-3H3,(H,34,35)(H,30,32,33). The third-order valence-electron chi connectivity index (χ3n) is 5.92. The number of anilines is 1. The van der Waals surface area contributed by atoms with Crippen LogP contribution in [0, 0.1) is 5.13 Å². The number of benzene rings is 1. The van der Waals surface area contributed by atoms with E-state index in [1.54, 1.807) is 18.5 Å². The molecule has 0 saturated carbocycles. The molecule has 0 saturated heterocycles. The molecule has 184 valence electrons. The highest BCUT2D eigenvalue weighted by atomic mass is 32.1. The van der Waals surface area contributed by atoms with Gasteiger partial charge in [0.05, 0.1) is 22.9 Å². The van der Waals surface area contributed by atoms with E-state index < -0.39 is 0 Å². The van der Waals surface area contributed by atoms with Gasteiger partial charge in [0.15, 0.2) is 16.6 Å². The van der Waals surface area contributed by atoms with Crippen LogP contribution in [0.15, 0.2) is 73.3 Å². The van der Waals surface area contributed by atoms with Gasteiger partial charge in [-0.2, -0.15) is 9.49 Å². The van der Waals surface area contributed by atoms with Crippen LogP contribution >= 0.6 is 11.3 Å². The third-order valence-corrected chi connectivity index (χ3v) is 6.82. The molecule has 5 aromatic heterocycles. The molecule has 0 aliphatic rings. The molecular formula is C27H23FN8S. The highest BCUT2D eigenvalue weighted by Gasteiger charge is 2.17. The minimum absolute atomic E-state index is 0.235. The molecule has 0 bridgehead atoms. The van der Waals surface area contributed by atoms with E-state index in [4.69, 9.17) is 4.98 Å². The first-order valence-electron chi connectivity index (χ1n) is 11.6. The number of rotatable bonds is 7. The van der Waals surface area contributed by atoms with Crippen LogP contribution in [0.5, 0.6) is 0 Å². The molecule has 0 aliphatic heterocycles. The monoisotopic (exact) mass is 510 g/mol. The van der Waals surface area contributed by atoms with Crippen LogP contribution in [-0.2, 0) is 0 Å². The number of thiophene rings is 1. The van der Waals surface area contributed by atoms with Crippen LogP contribution in [0.25, 0.3) is 55.2 Å². The van der Waals surface area contributed by atoms with Crippen molar-refractivity contribution in [3.8, 4) is 33.1 Å². The maximum absolute atomic E-state index is 13.7. The first kappa shape index (κ1) is 23.0. The molecule has 0 amide bonds. The van der Waals surface area contributed by atoms with Crippen LogP contribution in [-0.4, -0.2) is 55.7 Å². The van der Waals surface area contributed by atoms with Gasteiger partial charge in [-0.25, -0.2) is 9.97 Å². The lowest BCUT2D eigenvalue weighted by molar-refractivity contribution is 0.447. The minimum atomic E-state index is -0.235. The maximum atomic E-state index is 13.7. The van der Waals surface area contributed by atoms with Crippen molar-refractivity contribution in [2.45, 2.75) is 0 Å². The van der Waals surface area contributed by atoms with E-state index in [9.17, 15) is 4.39 Å². The maximum Gasteiger partial charge on any atom is 0.178 e. The highest BCUT2D eigenvalue weighted by Crippen LogP contribution is 2.34. The molecule has 37 heavy (non-hydrogen) atoms. The van der Waals surface area contributed by atoms with Crippen molar-refractivity contribution in [3.05, 3.63) is 78.5 Å². The summed E-state index contributed by atoms with van der Waals surface area (Å²) in [5.74, 6) is 0.587. The number of nitrogens with one attached hydrogen (secondary N) is 3. The number of aromatic nitrogens is 6. The summed E-state index contributed by atoms with van der Waals surface area (Å²) in [6.45, 7) is 4.82. The zero-order valence-electron chi connectivity index (χ0n) is 20.2. The number of imidazole rings is 1. The van der Waals surface area contributed by atoms with E-state index >= 15 is 0 Å². The second-order valence-corrected chi connectivity index (χ2v) is 10.0. The van der Waals surface area contributed by atoms with Gasteiger partial charge in [0, 0.05) is 46.0 Å². The van der Waals surface area contributed by atoms with E-state index in [-0.39, 0.29) is 5.13 Å². The number of pyridine rings is 2. The van der Waals surface area contributed by atoms with Crippen molar-refractivity contribution >= 4 is 39.1 Å². The molecule has 0 fully saturated rings. The topological polar surface area (TPSA) is 98.4 Å². The van der Waals surface area contributed by atoms with Crippen LogP contribution in [0.3, 0.4) is 0 Å². The van der Waals surface area contributed by atoms with Gasteiger partial charge < -0.3 is 15.2 Å². The average molecular weight is 511 g/mol. The molecule has 3 N–H and O–H groups in total. The predicted molar refractivity (Wildman–Crippen MR) is 147 cm³/mol. The van der Waals surface area contributed by atoms with E-state index in [1.165, 1.54) is 6.07 Å². The number of nitrogens with zero attached hydrogens (tertiary/aromatic N) is 5. The molecule has 1 aromatic carbocycles. The number of aromatic amines is 2. The smallest absolute Gasteiger partial charge is 0.178 e. The number of H-pyrrole nitrogens is 2. The molecule has 0 radical (unpaired) electrons. The normalized spacial score (nSPS) is 11.6. The second kappa shape index (κ2) is 9.23. The largest absolute Gasteiger partial charge is 0.357 e. The summed E-state index contributed by atoms with van der Waals surface area (Å²) < 4.78 is 13.7. The predicted octanol–water partition coefficient (Wildman–Crippen LogP) is 5.92. The number of halogens is 1. The summed E-state index contributed by atoms with van der Waals surface area (Å²) in [5.41, 5.74) is 7.43. The first-order valence-corrected chi connectivity index (χ1v) is 12.4. The molecule has 0 aliphatic carbocycles. The lowest BCUT2D eigenvalue weighted by atomic mass is 10.0. The minimum Gasteiger partial charge on any atom is -0.357 e. The quantitative estimate of drug-likeness (QED) is 0.247. The van der Waals surface area contributed by atoms with E-state index in [1.807, 2.05) is 44.6 Å². The van der Waals surface area contributed by atoms with Gasteiger partial charge in [-0.05, 0) is 56.1 Å².